The molecule has 32 heavy (non-hydrogen) atoms. The Morgan fingerprint density at radius 1 is 1.12 bits per heavy atom. The van der Waals surface area contributed by atoms with Crippen molar-refractivity contribution in [1.29, 1.82) is 0 Å². The van der Waals surface area contributed by atoms with Crippen molar-refractivity contribution in [3.05, 3.63) is 48.5 Å². The van der Waals surface area contributed by atoms with Crippen LogP contribution in [0, 0.1) is 5.92 Å². The van der Waals surface area contributed by atoms with Gasteiger partial charge in [0.2, 0.25) is 15.9 Å². The Hall–Kier alpha value is -2.75. The average molecular weight is 457 g/mol. The first-order chi connectivity index (χ1) is 15.5. The van der Waals surface area contributed by atoms with Crippen molar-refractivity contribution in [3.63, 3.8) is 0 Å². The summed E-state index contributed by atoms with van der Waals surface area (Å²) in [5.41, 5.74) is 2.32. The summed E-state index contributed by atoms with van der Waals surface area (Å²) in [5, 5.41) is 2.86. The number of benzene rings is 2. The van der Waals surface area contributed by atoms with Gasteiger partial charge in [-0.05, 0) is 43.9 Å². The van der Waals surface area contributed by atoms with Crippen LogP contribution in [0.3, 0.4) is 0 Å². The summed E-state index contributed by atoms with van der Waals surface area (Å²) in [6, 6.07) is 14.4. The predicted molar refractivity (Wildman–Crippen MR) is 122 cm³/mol. The lowest BCUT2D eigenvalue weighted by Crippen LogP contribution is -2.41. The van der Waals surface area contributed by atoms with Gasteiger partial charge in [-0.25, -0.2) is 18.1 Å². The molecule has 2 aromatic carbocycles. The van der Waals surface area contributed by atoms with Crippen LogP contribution in [-0.4, -0.2) is 50.6 Å². The monoisotopic (exact) mass is 456 g/mol. The first-order valence-electron chi connectivity index (χ1n) is 10.8. The van der Waals surface area contributed by atoms with Gasteiger partial charge in [0.25, 0.3) is 0 Å². The van der Waals surface area contributed by atoms with E-state index < -0.39 is 10.0 Å². The first-order valence-corrected chi connectivity index (χ1v) is 12.3. The van der Waals surface area contributed by atoms with Gasteiger partial charge in [0.1, 0.15) is 5.82 Å². The topological polar surface area (TPSA) is 113 Å². The van der Waals surface area contributed by atoms with Gasteiger partial charge in [0.05, 0.1) is 22.5 Å². The maximum Gasteiger partial charge on any atom is 0.240 e. The number of nitrogens with zero attached hydrogens (tertiary/aromatic N) is 1. The SMILES string of the molecule is COCCNC(=O)C1CCC(NS(=O)(=O)c2ccc3[nH]c(-c4ccccc4)nc3c2)CC1. The summed E-state index contributed by atoms with van der Waals surface area (Å²) in [4.78, 5) is 20.2. The van der Waals surface area contributed by atoms with E-state index in [4.69, 9.17) is 4.74 Å². The first kappa shape index (κ1) is 22.4. The van der Waals surface area contributed by atoms with Crippen molar-refractivity contribution >= 4 is 27.0 Å². The zero-order valence-electron chi connectivity index (χ0n) is 18.0. The number of amides is 1. The molecule has 9 heteroatoms. The number of rotatable bonds is 8. The van der Waals surface area contributed by atoms with E-state index in [1.165, 1.54) is 0 Å². The van der Waals surface area contributed by atoms with Crippen LogP contribution in [0.25, 0.3) is 22.4 Å². The molecule has 1 heterocycles. The number of aromatic amines is 1. The maximum absolute atomic E-state index is 13.0. The molecule has 1 fully saturated rings. The summed E-state index contributed by atoms with van der Waals surface area (Å²) >= 11 is 0. The number of hydrogen-bond donors (Lipinski definition) is 3. The molecule has 0 bridgehead atoms. The normalized spacial score (nSPS) is 19.2. The Labute approximate surface area is 187 Å². The van der Waals surface area contributed by atoms with Gasteiger partial charge in [-0.1, -0.05) is 30.3 Å². The van der Waals surface area contributed by atoms with Crippen LogP contribution < -0.4 is 10.0 Å². The van der Waals surface area contributed by atoms with E-state index in [2.05, 4.69) is 20.0 Å². The number of hydrogen-bond acceptors (Lipinski definition) is 5. The summed E-state index contributed by atoms with van der Waals surface area (Å²) in [6.07, 6.45) is 2.57. The van der Waals surface area contributed by atoms with Crippen molar-refractivity contribution in [3.8, 4) is 11.4 Å². The van der Waals surface area contributed by atoms with Crippen LogP contribution in [0.1, 0.15) is 25.7 Å². The highest BCUT2D eigenvalue weighted by atomic mass is 32.2. The second kappa shape index (κ2) is 9.81. The number of carbonyl (C=O) groups is 1. The minimum absolute atomic E-state index is 0.0153. The molecule has 170 valence electrons. The third-order valence-electron chi connectivity index (χ3n) is 5.84. The molecule has 0 radical (unpaired) electrons. The fourth-order valence-electron chi connectivity index (χ4n) is 4.07. The molecule has 0 saturated heterocycles. The van der Waals surface area contributed by atoms with Crippen molar-refractivity contribution in [2.24, 2.45) is 5.92 Å². The molecule has 1 aliphatic carbocycles. The Morgan fingerprint density at radius 3 is 2.59 bits per heavy atom. The third kappa shape index (κ3) is 5.17. The number of aromatic nitrogens is 2. The fraction of sp³-hybridized carbons (Fsp3) is 0.391. The molecule has 0 aliphatic heterocycles. The van der Waals surface area contributed by atoms with Crippen molar-refractivity contribution in [2.45, 2.75) is 36.6 Å². The Bertz CT molecular complexity index is 1170. The molecule has 3 aromatic rings. The Kier molecular flexibility index (Phi) is 6.88. The molecule has 1 aliphatic rings. The molecule has 0 atom stereocenters. The second-order valence-corrected chi connectivity index (χ2v) is 9.80. The summed E-state index contributed by atoms with van der Waals surface area (Å²) in [6.45, 7) is 0.970. The second-order valence-electron chi connectivity index (χ2n) is 8.08. The van der Waals surface area contributed by atoms with Gasteiger partial charge >= 0.3 is 0 Å². The third-order valence-corrected chi connectivity index (χ3v) is 7.36. The number of carbonyl (C=O) groups excluding carboxylic acids is 1. The zero-order valence-corrected chi connectivity index (χ0v) is 18.8. The fourth-order valence-corrected chi connectivity index (χ4v) is 5.39. The standard InChI is InChI=1S/C23H28N4O4S/c1-31-14-13-24-23(28)17-7-9-18(10-8-17)27-32(29,30)19-11-12-20-21(15-19)26-22(25-20)16-5-3-2-4-6-16/h2-6,11-12,15,17-18,27H,7-10,13-14H2,1H3,(H,24,28)(H,25,26). The maximum atomic E-state index is 13.0. The lowest BCUT2D eigenvalue weighted by Gasteiger charge is -2.28. The van der Waals surface area contributed by atoms with E-state index in [1.54, 1.807) is 25.3 Å². The molecule has 8 nitrogen and oxygen atoms in total. The van der Waals surface area contributed by atoms with E-state index >= 15 is 0 Å². The number of methoxy groups -OCH3 is 1. The number of nitrogens with one attached hydrogen (secondary N) is 3. The van der Waals surface area contributed by atoms with Gasteiger partial charge in [0.15, 0.2) is 0 Å². The van der Waals surface area contributed by atoms with Crippen molar-refractivity contribution < 1.29 is 17.9 Å². The van der Waals surface area contributed by atoms with E-state index in [-0.39, 0.29) is 22.8 Å². The molecule has 1 amide bonds. The highest BCUT2D eigenvalue weighted by Crippen LogP contribution is 2.27. The minimum atomic E-state index is -3.68. The van der Waals surface area contributed by atoms with Gasteiger partial charge in [0, 0.05) is 31.2 Å². The lowest BCUT2D eigenvalue weighted by atomic mass is 9.86. The van der Waals surface area contributed by atoms with E-state index in [1.807, 2.05) is 30.3 Å². The number of H-pyrrole nitrogens is 1. The van der Waals surface area contributed by atoms with Crippen LogP contribution in [0.15, 0.2) is 53.4 Å². The molecule has 1 saturated carbocycles. The largest absolute Gasteiger partial charge is 0.383 e. The molecule has 0 unspecified atom stereocenters. The van der Waals surface area contributed by atoms with Crippen molar-refractivity contribution in [1.82, 2.24) is 20.0 Å². The van der Waals surface area contributed by atoms with Gasteiger partial charge in [-0.3, -0.25) is 4.79 Å². The molecule has 1 aromatic heterocycles. The summed E-state index contributed by atoms with van der Waals surface area (Å²) in [7, 11) is -2.09. The molecule has 0 spiro atoms. The Balaban J connectivity index is 1.40. The van der Waals surface area contributed by atoms with Gasteiger partial charge in [-0.2, -0.15) is 0 Å². The van der Waals surface area contributed by atoms with E-state index in [9.17, 15) is 13.2 Å². The number of imidazole rings is 1. The van der Waals surface area contributed by atoms with Crippen LogP contribution in [-0.2, 0) is 19.6 Å². The van der Waals surface area contributed by atoms with E-state index in [0.29, 0.717) is 50.2 Å². The van der Waals surface area contributed by atoms with Crippen LogP contribution in [0.4, 0.5) is 0 Å². The highest BCUT2D eigenvalue weighted by Gasteiger charge is 2.29. The quantitative estimate of drug-likeness (QED) is 0.451. The molecular formula is C23H28N4O4S. The highest BCUT2D eigenvalue weighted by molar-refractivity contribution is 7.89. The smallest absolute Gasteiger partial charge is 0.240 e. The van der Waals surface area contributed by atoms with Gasteiger partial charge in [-0.15, -0.1) is 0 Å². The molecular weight excluding hydrogens is 428 g/mol. The van der Waals surface area contributed by atoms with Crippen LogP contribution >= 0.6 is 0 Å². The Morgan fingerprint density at radius 2 is 1.88 bits per heavy atom. The summed E-state index contributed by atoms with van der Waals surface area (Å²) in [5.74, 6) is 0.635. The number of fused-ring (bicyclic) bond motifs is 1. The number of ether oxygens (including phenoxy) is 1. The van der Waals surface area contributed by atoms with Crippen LogP contribution in [0.2, 0.25) is 0 Å². The number of sulfonamides is 1. The van der Waals surface area contributed by atoms with E-state index in [0.717, 1.165) is 11.1 Å². The lowest BCUT2D eigenvalue weighted by molar-refractivity contribution is -0.126. The minimum Gasteiger partial charge on any atom is -0.383 e. The molecule has 4 rings (SSSR count). The zero-order chi connectivity index (χ0) is 22.6. The summed E-state index contributed by atoms with van der Waals surface area (Å²) < 4.78 is 33.7. The van der Waals surface area contributed by atoms with Gasteiger partial charge < -0.3 is 15.0 Å². The average Bonchev–Trinajstić information content (AvgIpc) is 3.24. The van der Waals surface area contributed by atoms with Crippen molar-refractivity contribution in [2.75, 3.05) is 20.3 Å². The molecule has 3 N–H and O–H groups in total. The predicted octanol–water partition coefficient (Wildman–Crippen LogP) is 2.83. The van der Waals surface area contributed by atoms with Crippen LogP contribution in [0.5, 0.6) is 0 Å².